The Morgan fingerprint density at radius 2 is 1.68 bits per heavy atom. The average Bonchev–Trinajstić information content (AvgIpc) is 2.47. The van der Waals surface area contributed by atoms with E-state index in [1.165, 1.54) is 0 Å². The molecule has 0 saturated carbocycles. The van der Waals surface area contributed by atoms with Gasteiger partial charge in [0.1, 0.15) is 11.9 Å². The average molecular weight is 303 g/mol. The highest BCUT2D eigenvalue weighted by Gasteiger charge is 2.13. The van der Waals surface area contributed by atoms with Gasteiger partial charge in [-0.3, -0.25) is 9.59 Å². The van der Waals surface area contributed by atoms with E-state index in [2.05, 4.69) is 0 Å². The van der Waals surface area contributed by atoms with Crippen molar-refractivity contribution in [1.82, 2.24) is 0 Å². The maximum absolute atomic E-state index is 11.6. The molecule has 0 aliphatic carbocycles. The van der Waals surface area contributed by atoms with Crippen LogP contribution in [0.2, 0.25) is 0 Å². The zero-order chi connectivity index (χ0) is 16.5. The number of ether oxygens (including phenoxy) is 2. The van der Waals surface area contributed by atoms with Gasteiger partial charge in [0.25, 0.3) is 0 Å². The summed E-state index contributed by atoms with van der Waals surface area (Å²) < 4.78 is 10.3. The Morgan fingerprint density at radius 1 is 1.09 bits per heavy atom. The van der Waals surface area contributed by atoms with Gasteiger partial charge < -0.3 is 9.47 Å². The van der Waals surface area contributed by atoms with Crippen molar-refractivity contribution in [3.05, 3.63) is 29.8 Å². The predicted molar refractivity (Wildman–Crippen MR) is 81.0 cm³/mol. The summed E-state index contributed by atoms with van der Waals surface area (Å²) in [5.41, 5.74) is 0.502. The second-order valence-corrected chi connectivity index (χ2v) is 5.40. The first-order valence-corrected chi connectivity index (χ1v) is 7.32. The van der Waals surface area contributed by atoms with Crippen molar-refractivity contribution in [3.63, 3.8) is 0 Å². The second kappa shape index (κ2) is 8.83. The summed E-state index contributed by atoms with van der Waals surface area (Å²) in [5, 5.41) is 8.67. The van der Waals surface area contributed by atoms with Gasteiger partial charge in [-0.05, 0) is 43.5 Å². The van der Waals surface area contributed by atoms with Crippen LogP contribution in [0.4, 0.5) is 0 Å². The quantitative estimate of drug-likeness (QED) is 0.571. The van der Waals surface area contributed by atoms with Crippen LogP contribution in [0.25, 0.3) is 0 Å². The molecule has 118 valence electrons. The Kier molecular flexibility index (Phi) is 7.11. The maximum Gasteiger partial charge on any atom is 0.311 e. The zero-order valence-corrected chi connectivity index (χ0v) is 13.2. The van der Waals surface area contributed by atoms with Crippen molar-refractivity contribution in [2.24, 2.45) is 5.92 Å². The summed E-state index contributed by atoms with van der Waals surface area (Å²) >= 11 is 0. The fraction of sp³-hybridized carbons (Fsp3) is 0.471. The molecule has 0 N–H and O–H groups in total. The summed E-state index contributed by atoms with van der Waals surface area (Å²) in [6.07, 6.45) is 0.599. The van der Waals surface area contributed by atoms with E-state index < -0.39 is 5.97 Å². The van der Waals surface area contributed by atoms with Gasteiger partial charge in [-0.15, -0.1) is 0 Å². The van der Waals surface area contributed by atoms with Crippen LogP contribution >= 0.6 is 0 Å². The standard InChI is InChI=1S/C17H21NO4/c1-12(2)13(3)21-16(19)5-4-6-17(20)22-15-9-7-14(11-18)8-10-15/h7-10,12-13H,4-6H2,1-3H3. The fourth-order valence-corrected chi connectivity index (χ4v) is 1.56. The molecule has 1 atom stereocenters. The number of nitrogens with zero attached hydrogens (tertiary/aromatic N) is 1. The summed E-state index contributed by atoms with van der Waals surface area (Å²) in [6, 6.07) is 8.27. The lowest BCUT2D eigenvalue weighted by atomic mass is 10.1. The molecular formula is C17H21NO4. The van der Waals surface area contributed by atoms with E-state index in [4.69, 9.17) is 14.7 Å². The molecule has 0 radical (unpaired) electrons. The van der Waals surface area contributed by atoms with Gasteiger partial charge in [0, 0.05) is 12.8 Å². The van der Waals surface area contributed by atoms with E-state index in [1.807, 2.05) is 26.8 Å². The third kappa shape index (κ3) is 6.40. The molecular weight excluding hydrogens is 282 g/mol. The number of hydrogen-bond acceptors (Lipinski definition) is 5. The van der Waals surface area contributed by atoms with Crippen molar-refractivity contribution in [1.29, 1.82) is 5.26 Å². The SMILES string of the molecule is CC(C)C(C)OC(=O)CCCC(=O)Oc1ccc(C#N)cc1. The number of carbonyl (C=O) groups is 2. The molecule has 0 aliphatic heterocycles. The van der Waals surface area contributed by atoms with Crippen LogP contribution in [0.5, 0.6) is 5.75 Å². The molecule has 1 unspecified atom stereocenters. The lowest BCUT2D eigenvalue weighted by molar-refractivity contribution is -0.150. The van der Waals surface area contributed by atoms with Gasteiger partial charge in [-0.25, -0.2) is 0 Å². The number of benzene rings is 1. The third-order valence-corrected chi connectivity index (χ3v) is 3.23. The number of hydrogen-bond donors (Lipinski definition) is 0. The Hall–Kier alpha value is -2.35. The highest BCUT2D eigenvalue weighted by atomic mass is 16.5. The lowest BCUT2D eigenvalue weighted by Gasteiger charge is -2.16. The van der Waals surface area contributed by atoms with Crippen molar-refractivity contribution < 1.29 is 19.1 Å². The topological polar surface area (TPSA) is 76.4 Å². The first-order valence-electron chi connectivity index (χ1n) is 7.32. The molecule has 5 nitrogen and oxygen atoms in total. The van der Waals surface area contributed by atoms with Crippen LogP contribution < -0.4 is 4.74 Å². The van der Waals surface area contributed by atoms with Crippen molar-refractivity contribution in [3.8, 4) is 11.8 Å². The van der Waals surface area contributed by atoms with Gasteiger partial charge in [0.05, 0.1) is 11.6 Å². The predicted octanol–water partition coefficient (Wildman–Crippen LogP) is 3.22. The van der Waals surface area contributed by atoms with Crippen LogP contribution in [0, 0.1) is 17.2 Å². The molecule has 1 aromatic carbocycles. The van der Waals surface area contributed by atoms with Gasteiger partial charge in [0.2, 0.25) is 0 Å². The molecule has 1 rings (SSSR count). The minimum atomic E-state index is -0.408. The highest BCUT2D eigenvalue weighted by Crippen LogP contribution is 2.13. The molecule has 0 amide bonds. The van der Waals surface area contributed by atoms with Crippen LogP contribution in [0.15, 0.2) is 24.3 Å². The normalized spacial score (nSPS) is 11.6. The minimum Gasteiger partial charge on any atom is -0.462 e. The molecule has 0 aromatic heterocycles. The lowest BCUT2D eigenvalue weighted by Crippen LogP contribution is -2.20. The Labute approximate surface area is 130 Å². The Balaban J connectivity index is 2.28. The van der Waals surface area contributed by atoms with Crippen LogP contribution in [-0.2, 0) is 14.3 Å². The van der Waals surface area contributed by atoms with Gasteiger partial charge >= 0.3 is 11.9 Å². The van der Waals surface area contributed by atoms with E-state index in [0.717, 1.165) is 0 Å². The number of carbonyl (C=O) groups excluding carboxylic acids is 2. The second-order valence-electron chi connectivity index (χ2n) is 5.40. The van der Waals surface area contributed by atoms with Crippen molar-refractivity contribution in [2.45, 2.75) is 46.1 Å². The van der Waals surface area contributed by atoms with Crippen molar-refractivity contribution in [2.75, 3.05) is 0 Å². The molecule has 0 fully saturated rings. The Morgan fingerprint density at radius 3 is 2.23 bits per heavy atom. The monoisotopic (exact) mass is 303 g/mol. The van der Waals surface area contributed by atoms with Crippen LogP contribution in [0.1, 0.15) is 45.6 Å². The molecule has 0 spiro atoms. The zero-order valence-electron chi connectivity index (χ0n) is 13.2. The number of nitriles is 1. The largest absolute Gasteiger partial charge is 0.462 e. The minimum absolute atomic E-state index is 0.127. The molecule has 5 heteroatoms. The summed E-state index contributed by atoms with van der Waals surface area (Å²) in [7, 11) is 0. The van der Waals surface area contributed by atoms with E-state index >= 15 is 0 Å². The first kappa shape index (κ1) is 17.7. The number of esters is 2. The molecule has 0 saturated heterocycles. The Bertz CT molecular complexity index is 543. The molecule has 22 heavy (non-hydrogen) atoms. The fourth-order valence-electron chi connectivity index (χ4n) is 1.56. The first-order chi connectivity index (χ1) is 10.4. The van der Waals surface area contributed by atoms with E-state index in [9.17, 15) is 9.59 Å². The smallest absolute Gasteiger partial charge is 0.311 e. The maximum atomic E-state index is 11.6. The molecule has 1 aromatic rings. The van der Waals surface area contributed by atoms with Gasteiger partial charge in [-0.1, -0.05) is 13.8 Å². The van der Waals surface area contributed by atoms with E-state index in [1.54, 1.807) is 24.3 Å². The van der Waals surface area contributed by atoms with E-state index in [0.29, 0.717) is 17.7 Å². The van der Waals surface area contributed by atoms with Gasteiger partial charge in [-0.2, -0.15) is 5.26 Å². The molecule has 0 aliphatic rings. The van der Waals surface area contributed by atoms with Crippen LogP contribution in [-0.4, -0.2) is 18.0 Å². The van der Waals surface area contributed by atoms with Crippen LogP contribution in [0.3, 0.4) is 0 Å². The number of rotatable bonds is 7. The highest BCUT2D eigenvalue weighted by molar-refractivity contribution is 5.74. The summed E-state index contributed by atoms with van der Waals surface area (Å²) in [4.78, 5) is 23.2. The third-order valence-electron chi connectivity index (χ3n) is 3.23. The summed E-state index contributed by atoms with van der Waals surface area (Å²) in [5.74, 6) is -0.0490. The molecule has 0 bridgehead atoms. The van der Waals surface area contributed by atoms with Crippen molar-refractivity contribution >= 4 is 11.9 Å². The summed E-state index contributed by atoms with van der Waals surface area (Å²) in [6.45, 7) is 5.81. The van der Waals surface area contributed by atoms with Gasteiger partial charge in [0.15, 0.2) is 0 Å². The molecule has 0 heterocycles. The van der Waals surface area contributed by atoms with E-state index in [-0.39, 0.29) is 30.8 Å².